The third-order valence-electron chi connectivity index (χ3n) is 3.67. The molecular formula is C14H21N3O2S. The van der Waals surface area contributed by atoms with Crippen LogP contribution in [0, 0.1) is 5.41 Å². The van der Waals surface area contributed by atoms with E-state index >= 15 is 0 Å². The molecule has 1 aromatic heterocycles. The zero-order chi connectivity index (χ0) is 14.8. The summed E-state index contributed by atoms with van der Waals surface area (Å²) in [5, 5.41) is 5.11. The van der Waals surface area contributed by atoms with Gasteiger partial charge in [-0.2, -0.15) is 0 Å². The van der Waals surface area contributed by atoms with E-state index < -0.39 is 5.41 Å². The Morgan fingerprint density at radius 3 is 2.95 bits per heavy atom. The van der Waals surface area contributed by atoms with E-state index in [1.54, 1.807) is 25.2 Å². The van der Waals surface area contributed by atoms with Crippen molar-refractivity contribution in [2.45, 2.75) is 26.8 Å². The van der Waals surface area contributed by atoms with Crippen molar-refractivity contribution in [2.24, 2.45) is 11.1 Å². The summed E-state index contributed by atoms with van der Waals surface area (Å²) in [7, 11) is 0. The van der Waals surface area contributed by atoms with Crippen molar-refractivity contribution >= 4 is 23.2 Å². The van der Waals surface area contributed by atoms with Crippen LogP contribution in [-0.4, -0.2) is 36.3 Å². The van der Waals surface area contributed by atoms with Gasteiger partial charge in [-0.3, -0.25) is 9.59 Å². The van der Waals surface area contributed by atoms with Gasteiger partial charge in [-0.1, -0.05) is 0 Å². The molecule has 110 valence electrons. The van der Waals surface area contributed by atoms with Gasteiger partial charge in [-0.15, -0.1) is 11.3 Å². The highest BCUT2D eigenvalue weighted by Gasteiger charge is 2.26. The molecule has 0 fully saturated rings. The molecular weight excluding hydrogens is 274 g/mol. The predicted molar refractivity (Wildman–Crippen MR) is 79.3 cm³/mol. The van der Waals surface area contributed by atoms with Gasteiger partial charge in [0, 0.05) is 24.5 Å². The van der Waals surface area contributed by atoms with Crippen molar-refractivity contribution < 1.29 is 9.59 Å². The molecule has 2 amide bonds. The van der Waals surface area contributed by atoms with Crippen LogP contribution in [0.1, 0.15) is 24.3 Å². The van der Waals surface area contributed by atoms with E-state index in [1.807, 2.05) is 4.90 Å². The lowest BCUT2D eigenvalue weighted by molar-refractivity contribution is -0.132. The fraction of sp³-hybridized carbons (Fsp3) is 0.571. The summed E-state index contributed by atoms with van der Waals surface area (Å²) in [6, 6.07) is 2.09. The predicted octanol–water partition coefficient (Wildman–Crippen LogP) is 0.734. The summed E-state index contributed by atoms with van der Waals surface area (Å²) in [4.78, 5) is 26.6. The van der Waals surface area contributed by atoms with Gasteiger partial charge in [0.1, 0.15) is 0 Å². The van der Waals surface area contributed by atoms with E-state index in [4.69, 9.17) is 5.73 Å². The number of amides is 2. The number of nitrogens with two attached hydrogens (primary N) is 1. The van der Waals surface area contributed by atoms with Crippen LogP contribution in [0.3, 0.4) is 0 Å². The van der Waals surface area contributed by atoms with Crippen molar-refractivity contribution in [1.29, 1.82) is 0 Å². The Balaban J connectivity index is 1.81. The van der Waals surface area contributed by atoms with Gasteiger partial charge >= 0.3 is 0 Å². The third-order valence-corrected chi connectivity index (χ3v) is 4.69. The number of hydrogen-bond donors (Lipinski definition) is 2. The number of carbonyl (C=O) groups excluding carboxylic acids is 2. The Labute approximate surface area is 123 Å². The second-order valence-electron chi connectivity index (χ2n) is 5.79. The summed E-state index contributed by atoms with van der Waals surface area (Å²) in [6.45, 7) is 5.66. The van der Waals surface area contributed by atoms with E-state index in [0.29, 0.717) is 13.1 Å². The first kappa shape index (κ1) is 15.0. The highest BCUT2D eigenvalue weighted by atomic mass is 32.1. The first-order valence-corrected chi connectivity index (χ1v) is 7.62. The molecule has 2 rings (SSSR count). The molecule has 5 nitrogen and oxygen atoms in total. The Morgan fingerprint density at radius 1 is 1.50 bits per heavy atom. The number of fused-ring (bicyclic) bond motifs is 1. The van der Waals surface area contributed by atoms with Gasteiger partial charge in [0.05, 0.1) is 12.0 Å². The third kappa shape index (κ3) is 3.37. The minimum Gasteiger partial charge on any atom is -0.369 e. The Morgan fingerprint density at radius 2 is 2.25 bits per heavy atom. The molecule has 0 bridgehead atoms. The SMILES string of the molecule is CC(C)(CNCC(=O)N1CCc2sccc2C1)C(N)=O. The summed E-state index contributed by atoms with van der Waals surface area (Å²) in [5.74, 6) is -0.291. The Bertz CT molecular complexity index is 510. The van der Waals surface area contributed by atoms with E-state index in [0.717, 1.165) is 13.0 Å². The first-order chi connectivity index (χ1) is 9.40. The molecule has 0 atom stereocenters. The Hall–Kier alpha value is -1.40. The molecule has 0 aromatic carbocycles. The monoisotopic (exact) mass is 295 g/mol. The number of nitrogens with one attached hydrogen (secondary N) is 1. The normalized spacial score (nSPS) is 15.0. The lowest BCUT2D eigenvalue weighted by Crippen LogP contribution is -2.45. The first-order valence-electron chi connectivity index (χ1n) is 6.74. The Kier molecular flexibility index (Phi) is 4.45. The van der Waals surface area contributed by atoms with E-state index in [1.165, 1.54) is 10.4 Å². The number of nitrogens with zero attached hydrogens (tertiary/aromatic N) is 1. The molecule has 1 aliphatic heterocycles. The van der Waals surface area contributed by atoms with E-state index in [-0.39, 0.29) is 18.4 Å². The van der Waals surface area contributed by atoms with Crippen molar-refractivity contribution in [3.63, 3.8) is 0 Å². The number of carbonyl (C=O) groups is 2. The minimum absolute atomic E-state index is 0.0714. The molecule has 1 aliphatic rings. The van der Waals surface area contributed by atoms with E-state index in [2.05, 4.69) is 16.8 Å². The molecule has 0 saturated carbocycles. The maximum absolute atomic E-state index is 12.1. The quantitative estimate of drug-likeness (QED) is 0.841. The fourth-order valence-corrected chi connectivity index (χ4v) is 3.03. The summed E-state index contributed by atoms with van der Waals surface area (Å²) < 4.78 is 0. The minimum atomic E-state index is -0.636. The molecule has 0 unspecified atom stereocenters. The van der Waals surface area contributed by atoms with Crippen molar-refractivity contribution in [2.75, 3.05) is 19.6 Å². The van der Waals surface area contributed by atoms with Gasteiger partial charge in [0.2, 0.25) is 11.8 Å². The average molecular weight is 295 g/mol. The van der Waals surface area contributed by atoms with Crippen LogP contribution in [0.15, 0.2) is 11.4 Å². The second-order valence-corrected chi connectivity index (χ2v) is 6.79. The summed E-state index contributed by atoms with van der Waals surface area (Å²) in [6.07, 6.45) is 0.936. The van der Waals surface area contributed by atoms with Crippen molar-refractivity contribution in [1.82, 2.24) is 10.2 Å². The van der Waals surface area contributed by atoms with Crippen LogP contribution in [0.4, 0.5) is 0 Å². The van der Waals surface area contributed by atoms with Gasteiger partial charge in [-0.05, 0) is 37.3 Å². The van der Waals surface area contributed by atoms with Gasteiger partial charge in [0.25, 0.3) is 0 Å². The van der Waals surface area contributed by atoms with Crippen LogP contribution < -0.4 is 11.1 Å². The number of primary amides is 1. The van der Waals surface area contributed by atoms with Crippen LogP contribution in [-0.2, 0) is 22.6 Å². The maximum Gasteiger partial charge on any atom is 0.236 e. The average Bonchev–Trinajstić information content (AvgIpc) is 2.85. The summed E-state index contributed by atoms with van der Waals surface area (Å²) in [5.41, 5.74) is 5.92. The lowest BCUT2D eigenvalue weighted by atomic mass is 9.93. The maximum atomic E-state index is 12.1. The highest BCUT2D eigenvalue weighted by Crippen LogP contribution is 2.23. The molecule has 0 aliphatic carbocycles. The highest BCUT2D eigenvalue weighted by molar-refractivity contribution is 7.10. The van der Waals surface area contributed by atoms with Gasteiger partial charge in [-0.25, -0.2) is 0 Å². The molecule has 20 heavy (non-hydrogen) atoms. The zero-order valence-corrected chi connectivity index (χ0v) is 12.8. The smallest absolute Gasteiger partial charge is 0.236 e. The van der Waals surface area contributed by atoms with Crippen LogP contribution in [0.25, 0.3) is 0 Å². The fourth-order valence-electron chi connectivity index (χ4n) is 2.14. The van der Waals surface area contributed by atoms with Crippen LogP contribution in [0.2, 0.25) is 0 Å². The van der Waals surface area contributed by atoms with Gasteiger partial charge < -0.3 is 16.0 Å². The molecule has 0 saturated heterocycles. The lowest BCUT2D eigenvalue weighted by Gasteiger charge is -2.28. The number of hydrogen-bond acceptors (Lipinski definition) is 4. The molecule has 0 spiro atoms. The topological polar surface area (TPSA) is 75.4 Å². The van der Waals surface area contributed by atoms with Gasteiger partial charge in [0.15, 0.2) is 0 Å². The summed E-state index contributed by atoms with van der Waals surface area (Å²) >= 11 is 1.76. The van der Waals surface area contributed by atoms with E-state index in [9.17, 15) is 9.59 Å². The number of rotatable bonds is 5. The molecule has 3 N–H and O–H groups in total. The molecule has 6 heteroatoms. The van der Waals surface area contributed by atoms with Crippen LogP contribution in [0.5, 0.6) is 0 Å². The largest absolute Gasteiger partial charge is 0.369 e. The molecule has 1 aromatic rings. The van der Waals surface area contributed by atoms with Crippen LogP contribution >= 0.6 is 11.3 Å². The van der Waals surface area contributed by atoms with Crippen molar-refractivity contribution in [3.05, 3.63) is 21.9 Å². The molecule has 2 heterocycles. The zero-order valence-electron chi connectivity index (χ0n) is 11.9. The number of thiophene rings is 1. The standard InChI is InChI=1S/C14H21N3O2S/c1-14(2,13(15)19)9-16-7-12(18)17-5-3-11-10(8-17)4-6-20-11/h4,6,16H,3,5,7-9H2,1-2H3,(H2,15,19). The molecule has 0 radical (unpaired) electrons. The van der Waals surface area contributed by atoms with Crippen molar-refractivity contribution in [3.8, 4) is 0 Å². The second kappa shape index (κ2) is 5.93.